The fourth-order valence-electron chi connectivity index (χ4n) is 2.61. The molecule has 0 spiro atoms. The van der Waals surface area contributed by atoms with Crippen LogP contribution in [-0.2, 0) is 6.54 Å². The van der Waals surface area contributed by atoms with Crippen LogP contribution in [-0.4, -0.2) is 34.2 Å². The lowest BCUT2D eigenvalue weighted by atomic mass is 9.95. The first kappa shape index (κ1) is 13.3. The van der Waals surface area contributed by atoms with Crippen molar-refractivity contribution in [1.29, 1.82) is 0 Å². The fourth-order valence-corrected chi connectivity index (χ4v) is 2.61. The number of likely N-dealkylation sites (tertiary alicyclic amines) is 1. The van der Waals surface area contributed by atoms with Crippen LogP contribution in [0.2, 0.25) is 0 Å². The van der Waals surface area contributed by atoms with Crippen molar-refractivity contribution >= 4 is 0 Å². The first-order valence-corrected chi connectivity index (χ1v) is 7.08. The fraction of sp³-hybridized carbons (Fsp3) is 0.467. The molecule has 2 N–H and O–H groups in total. The number of hydrogen-bond donors (Lipinski definition) is 1. The number of hydrogen-bond acceptors (Lipinski definition) is 5. The number of nitrogens with zero attached hydrogens (tertiary/aromatic N) is 3. The lowest BCUT2D eigenvalue weighted by Crippen LogP contribution is -2.45. The van der Waals surface area contributed by atoms with E-state index in [0.29, 0.717) is 17.9 Å². The maximum Gasteiger partial charge on any atom is 0.257 e. The van der Waals surface area contributed by atoms with E-state index in [1.165, 1.54) is 0 Å². The van der Waals surface area contributed by atoms with Gasteiger partial charge in [0.05, 0.1) is 6.54 Å². The third-order valence-electron chi connectivity index (χ3n) is 3.91. The molecule has 1 fully saturated rings. The second-order valence-corrected chi connectivity index (χ2v) is 5.55. The summed E-state index contributed by atoms with van der Waals surface area (Å²) < 4.78 is 5.33. The highest BCUT2D eigenvalue weighted by Gasteiger charge is 2.24. The summed E-state index contributed by atoms with van der Waals surface area (Å²) in [5.74, 6) is 1.85. The summed E-state index contributed by atoms with van der Waals surface area (Å²) in [5.41, 5.74) is 7.00. The molecule has 0 bridgehead atoms. The summed E-state index contributed by atoms with van der Waals surface area (Å²) >= 11 is 0. The second-order valence-electron chi connectivity index (χ2n) is 5.55. The molecule has 1 aromatic carbocycles. The Morgan fingerprint density at radius 1 is 1.35 bits per heavy atom. The molecule has 1 aliphatic rings. The average molecular weight is 272 g/mol. The van der Waals surface area contributed by atoms with Crippen molar-refractivity contribution in [2.45, 2.75) is 25.9 Å². The lowest BCUT2D eigenvalue weighted by Gasteiger charge is -2.34. The van der Waals surface area contributed by atoms with Crippen LogP contribution in [0, 0.1) is 5.92 Å². The largest absolute Gasteiger partial charge is 0.334 e. The molecule has 106 valence electrons. The molecule has 2 aromatic rings. The summed E-state index contributed by atoms with van der Waals surface area (Å²) in [5, 5.41) is 4.07. The highest BCUT2D eigenvalue weighted by Crippen LogP contribution is 2.19. The van der Waals surface area contributed by atoms with E-state index in [2.05, 4.69) is 22.0 Å². The van der Waals surface area contributed by atoms with E-state index < -0.39 is 0 Å². The number of nitrogens with two attached hydrogens (primary N) is 1. The Labute approximate surface area is 118 Å². The van der Waals surface area contributed by atoms with Crippen LogP contribution < -0.4 is 5.73 Å². The van der Waals surface area contributed by atoms with E-state index in [4.69, 9.17) is 10.3 Å². The molecule has 1 aromatic heterocycles. The van der Waals surface area contributed by atoms with Gasteiger partial charge in [0.15, 0.2) is 5.82 Å². The molecular formula is C15H20N4O. The maximum absolute atomic E-state index is 6.04. The highest BCUT2D eigenvalue weighted by molar-refractivity contribution is 5.51. The molecular weight excluding hydrogens is 252 g/mol. The van der Waals surface area contributed by atoms with Gasteiger partial charge in [0.1, 0.15) is 0 Å². The topological polar surface area (TPSA) is 68.2 Å². The molecule has 0 aliphatic carbocycles. The first-order chi connectivity index (χ1) is 9.72. The normalized spacial score (nSPS) is 23.9. The molecule has 0 amide bonds. The van der Waals surface area contributed by atoms with Crippen molar-refractivity contribution in [1.82, 2.24) is 15.0 Å². The van der Waals surface area contributed by atoms with Gasteiger partial charge in [-0.25, -0.2) is 0 Å². The van der Waals surface area contributed by atoms with Gasteiger partial charge in [-0.2, -0.15) is 4.98 Å². The molecule has 0 radical (unpaired) electrons. The smallest absolute Gasteiger partial charge is 0.257 e. The zero-order valence-corrected chi connectivity index (χ0v) is 11.7. The Kier molecular flexibility index (Phi) is 3.80. The predicted octanol–water partition coefficient (Wildman–Crippen LogP) is 1.91. The Balaban J connectivity index is 1.66. The molecule has 3 rings (SSSR count). The summed E-state index contributed by atoms with van der Waals surface area (Å²) in [6.45, 7) is 4.92. The average Bonchev–Trinajstić information content (AvgIpc) is 2.92. The van der Waals surface area contributed by atoms with Crippen LogP contribution in [0.3, 0.4) is 0 Å². The van der Waals surface area contributed by atoms with Crippen LogP contribution in [0.4, 0.5) is 0 Å². The number of piperidine rings is 1. The van der Waals surface area contributed by atoms with Crippen LogP contribution in [0.5, 0.6) is 0 Å². The van der Waals surface area contributed by atoms with Crippen molar-refractivity contribution in [2.75, 3.05) is 13.1 Å². The van der Waals surface area contributed by atoms with E-state index in [1.807, 2.05) is 30.3 Å². The molecule has 5 heteroatoms. The minimum atomic E-state index is 0.316. The van der Waals surface area contributed by atoms with Crippen LogP contribution >= 0.6 is 0 Å². The zero-order valence-electron chi connectivity index (χ0n) is 11.7. The standard InChI is InChI=1S/C15H20N4O/c1-11-9-19(8-7-13(11)16)10-14-17-15(20-18-14)12-5-3-2-4-6-12/h2-6,11,13H,7-10,16H2,1H3. The molecule has 2 atom stereocenters. The van der Waals surface area contributed by atoms with Crippen molar-refractivity contribution in [2.24, 2.45) is 11.7 Å². The van der Waals surface area contributed by atoms with E-state index in [0.717, 1.165) is 37.4 Å². The van der Waals surface area contributed by atoms with Crippen molar-refractivity contribution in [3.8, 4) is 11.5 Å². The van der Waals surface area contributed by atoms with Crippen molar-refractivity contribution in [3.05, 3.63) is 36.2 Å². The third-order valence-corrected chi connectivity index (χ3v) is 3.91. The molecule has 1 saturated heterocycles. The molecule has 5 nitrogen and oxygen atoms in total. The Hall–Kier alpha value is -1.72. The van der Waals surface area contributed by atoms with Gasteiger partial charge < -0.3 is 10.3 Å². The second kappa shape index (κ2) is 5.73. The SMILES string of the molecule is CC1CN(Cc2noc(-c3ccccc3)n2)CCC1N. The van der Waals surface area contributed by atoms with Gasteiger partial charge in [0.25, 0.3) is 5.89 Å². The minimum absolute atomic E-state index is 0.316. The lowest BCUT2D eigenvalue weighted by molar-refractivity contribution is 0.153. The van der Waals surface area contributed by atoms with Gasteiger partial charge in [-0.15, -0.1) is 0 Å². The molecule has 20 heavy (non-hydrogen) atoms. The summed E-state index contributed by atoms with van der Waals surface area (Å²) in [4.78, 5) is 6.81. The highest BCUT2D eigenvalue weighted by atomic mass is 16.5. The summed E-state index contributed by atoms with van der Waals surface area (Å²) in [7, 11) is 0. The van der Waals surface area contributed by atoms with E-state index >= 15 is 0 Å². The number of aromatic nitrogens is 2. The van der Waals surface area contributed by atoms with Crippen molar-refractivity contribution < 1.29 is 4.52 Å². The van der Waals surface area contributed by atoms with E-state index in [1.54, 1.807) is 0 Å². The number of rotatable bonds is 3. The molecule has 1 aliphatic heterocycles. The van der Waals surface area contributed by atoms with Gasteiger partial charge in [0, 0.05) is 24.7 Å². The summed E-state index contributed by atoms with van der Waals surface area (Å²) in [6, 6.07) is 10.2. The summed E-state index contributed by atoms with van der Waals surface area (Å²) in [6.07, 6.45) is 1.03. The number of benzene rings is 1. The van der Waals surface area contributed by atoms with Crippen molar-refractivity contribution in [3.63, 3.8) is 0 Å². The van der Waals surface area contributed by atoms with Crippen LogP contribution in [0.25, 0.3) is 11.5 Å². The van der Waals surface area contributed by atoms with Gasteiger partial charge in [-0.05, 0) is 24.5 Å². The Morgan fingerprint density at radius 3 is 2.90 bits per heavy atom. The zero-order chi connectivity index (χ0) is 13.9. The Morgan fingerprint density at radius 2 is 2.15 bits per heavy atom. The molecule has 2 heterocycles. The minimum Gasteiger partial charge on any atom is -0.334 e. The van der Waals surface area contributed by atoms with Gasteiger partial charge in [0.2, 0.25) is 0 Å². The van der Waals surface area contributed by atoms with E-state index in [9.17, 15) is 0 Å². The maximum atomic E-state index is 6.04. The van der Waals surface area contributed by atoms with Gasteiger partial charge in [-0.3, -0.25) is 4.90 Å². The predicted molar refractivity (Wildman–Crippen MR) is 76.8 cm³/mol. The quantitative estimate of drug-likeness (QED) is 0.924. The third kappa shape index (κ3) is 2.89. The van der Waals surface area contributed by atoms with E-state index in [-0.39, 0.29) is 0 Å². The Bertz CT molecular complexity index is 554. The molecule has 2 unspecified atom stereocenters. The van der Waals surface area contributed by atoms with Crippen LogP contribution in [0.1, 0.15) is 19.2 Å². The molecule has 0 saturated carbocycles. The van der Waals surface area contributed by atoms with Gasteiger partial charge >= 0.3 is 0 Å². The van der Waals surface area contributed by atoms with Crippen LogP contribution in [0.15, 0.2) is 34.9 Å². The monoisotopic (exact) mass is 272 g/mol. The van der Waals surface area contributed by atoms with Gasteiger partial charge in [-0.1, -0.05) is 30.3 Å². The first-order valence-electron chi connectivity index (χ1n) is 7.08.